The maximum Gasteiger partial charge on any atom is -0.00261 e. The smallest absolute Gasteiger partial charge is 0.00261 e. The topological polar surface area (TPSA) is 0 Å². The zero-order valence-corrected chi connectivity index (χ0v) is 42.8. The molecular formula is C77H52. The Bertz CT molecular complexity index is 4660. The molecule has 77 heavy (non-hydrogen) atoms. The Morgan fingerprint density at radius 1 is 0.156 bits per heavy atom. The maximum absolute atomic E-state index is 2.35. The molecule has 0 nitrogen and oxygen atoms in total. The molecule has 0 unspecified atom stereocenters. The lowest BCUT2D eigenvalue weighted by atomic mass is 9.85. The zero-order valence-electron chi connectivity index (χ0n) is 42.8. The molecule has 0 fully saturated rings. The summed E-state index contributed by atoms with van der Waals surface area (Å²) in [6.45, 7) is 2.19. The van der Waals surface area contributed by atoms with E-state index in [-0.39, 0.29) is 0 Å². The number of fused-ring (bicyclic) bond motifs is 7. The number of hydrogen-bond donors (Lipinski definition) is 0. The lowest BCUT2D eigenvalue weighted by Gasteiger charge is -2.19. The fourth-order valence-electron chi connectivity index (χ4n) is 12.0. The molecule has 0 aliphatic heterocycles. The standard InChI is InChI=1S/C40H26.C37H26/c1-3-11-31-25-33(23-19-27(31)9-1)29-17-21-30(22-18-29)39-35-13-5-7-15-37(35)40(38-16-8-6-14-36(38)39)34-24-20-28-10-2-4-12-32(28)26-34;1-25-15-22-34-35(23-25)36(29-19-16-28(17-20-29)26-9-3-2-4-10-26)32-13-7-8-14-33(32)37(34)31-21-18-27-11-5-6-12-30(27)24-31/h1-26H;2-24H,1H3. The van der Waals surface area contributed by atoms with Gasteiger partial charge in [0.1, 0.15) is 0 Å². The lowest BCUT2D eigenvalue weighted by Crippen LogP contribution is -1.92. The van der Waals surface area contributed by atoms with Gasteiger partial charge in [-0.3, -0.25) is 0 Å². The van der Waals surface area contributed by atoms with Gasteiger partial charge in [0.25, 0.3) is 0 Å². The van der Waals surface area contributed by atoms with Crippen LogP contribution in [0, 0.1) is 6.92 Å². The second kappa shape index (κ2) is 19.4. The van der Waals surface area contributed by atoms with Gasteiger partial charge in [-0.25, -0.2) is 0 Å². The lowest BCUT2D eigenvalue weighted by molar-refractivity contribution is 1.51. The predicted octanol–water partition coefficient (Wildman–Crippen LogP) is 21.8. The molecule has 0 N–H and O–H groups in total. The third-order valence-corrected chi connectivity index (χ3v) is 15.7. The minimum Gasteiger partial charge on any atom is -0.0622 e. The molecule has 0 atom stereocenters. The van der Waals surface area contributed by atoms with Gasteiger partial charge in [-0.05, 0) is 167 Å². The van der Waals surface area contributed by atoms with Crippen molar-refractivity contribution in [3.8, 4) is 66.8 Å². The highest BCUT2D eigenvalue weighted by molar-refractivity contribution is 6.23. The van der Waals surface area contributed by atoms with Crippen LogP contribution < -0.4 is 0 Å². The predicted molar refractivity (Wildman–Crippen MR) is 333 cm³/mol. The van der Waals surface area contributed by atoms with Crippen molar-refractivity contribution in [2.45, 2.75) is 6.92 Å². The number of benzene rings is 15. The highest BCUT2D eigenvalue weighted by Crippen LogP contribution is 2.46. The summed E-state index contributed by atoms with van der Waals surface area (Å²) >= 11 is 0. The average molecular weight is 977 g/mol. The maximum atomic E-state index is 2.35. The summed E-state index contributed by atoms with van der Waals surface area (Å²) in [6, 6.07) is 108. The van der Waals surface area contributed by atoms with Crippen molar-refractivity contribution >= 4 is 75.4 Å². The Kier molecular flexibility index (Phi) is 11.5. The third-order valence-electron chi connectivity index (χ3n) is 15.7. The van der Waals surface area contributed by atoms with Crippen molar-refractivity contribution < 1.29 is 0 Å². The normalized spacial score (nSPS) is 11.4. The molecular weight excluding hydrogens is 925 g/mol. The van der Waals surface area contributed by atoms with Crippen LogP contribution in [0.5, 0.6) is 0 Å². The van der Waals surface area contributed by atoms with Crippen molar-refractivity contribution in [3.63, 3.8) is 0 Å². The van der Waals surface area contributed by atoms with Crippen molar-refractivity contribution in [2.75, 3.05) is 0 Å². The summed E-state index contributed by atoms with van der Waals surface area (Å²) < 4.78 is 0. The second-order valence-electron chi connectivity index (χ2n) is 20.4. The molecule has 0 amide bonds. The quantitative estimate of drug-likeness (QED) is 0.146. The van der Waals surface area contributed by atoms with Gasteiger partial charge in [0, 0.05) is 0 Å². The average Bonchev–Trinajstić information content (AvgIpc) is 3.54. The van der Waals surface area contributed by atoms with E-state index in [4.69, 9.17) is 0 Å². The van der Waals surface area contributed by atoms with Crippen LogP contribution in [0.1, 0.15) is 5.56 Å². The Balaban J connectivity index is 0.000000141. The Morgan fingerprint density at radius 3 is 0.857 bits per heavy atom. The first-order valence-electron chi connectivity index (χ1n) is 26.7. The Labute approximate surface area is 449 Å². The molecule has 0 spiro atoms. The molecule has 360 valence electrons. The molecule has 0 saturated carbocycles. The van der Waals surface area contributed by atoms with Gasteiger partial charge < -0.3 is 0 Å². The summed E-state index contributed by atoms with van der Waals surface area (Å²) in [6.07, 6.45) is 0. The molecule has 0 aliphatic rings. The zero-order chi connectivity index (χ0) is 51.2. The van der Waals surface area contributed by atoms with E-state index in [1.54, 1.807) is 0 Å². The minimum atomic E-state index is 1.23. The summed E-state index contributed by atoms with van der Waals surface area (Å²) in [5, 5.41) is 17.9. The van der Waals surface area contributed by atoms with Gasteiger partial charge in [-0.1, -0.05) is 285 Å². The van der Waals surface area contributed by atoms with E-state index < -0.39 is 0 Å². The number of rotatable bonds is 6. The molecule has 0 heteroatoms. The van der Waals surface area contributed by atoms with E-state index in [0.29, 0.717) is 0 Å². The van der Waals surface area contributed by atoms with Crippen molar-refractivity contribution in [1.82, 2.24) is 0 Å². The van der Waals surface area contributed by atoms with Gasteiger partial charge in [-0.2, -0.15) is 0 Å². The van der Waals surface area contributed by atoms with Crippen LogP contribution in [-0.2, 0) is 0 Å². The molecule has 0 heterocycles. The van der Waals surface area contributed by atoms with E-state index in [9.17, 15) is 0 Å². The highest BCUT2D eigenvalue weighted by atomic mass is 14.2. The molecule has 15 aromatic carbocycles. The van der Waals surface area contributed by atoms with E-state index in [1.807, 2.05) is 0 Å². The van der Waals surface area contributed by atoms with Crippen molar-refractivity contribution in [3.05, 3.63) is 303 Å². The largest absolute Gasteiger partial charge is 0.0622 e. The number of hydrogen-bond acceptors (Lipinski definition) is 0. The first-order valence-corrected chi connectivity index (χ1v) is 26.7. The second-order valence-corrected chi connectivity index (χ2v) is 20.4. The number of aryl methyl sites for hydroxylation is 1. The van der Waals surface area contributed by atoms with Crippen LogP contribution in [0.15, 0.2) is 297 Å². The molecule has 15 aromatic rings. The summed E-state index contributed by atoms with van der Waals surface area (Å²) in [7, 11) is 0. The van der Waals surface area contributed by atoms with Gasteiger partial charge in [0.15, 0.2) is 0 Å². The van der Waals surface area contributed by atoms with Crippen LogP contribution in [-0.4, -0.2) is 0 Å². The first kappa shape index (κ1) is 45.7. The van der Waals surface area contributed by atoms with Crippen LogP contribution >= 0.6 is 0 Å². The summed E-state index contributed by atoms with van der Waals surface area (Å²) in [4.78, 5) is 0. The molecule has 15 rings (SSSR count). The van der Waals surface area contributed by atoms with Crippen LogP contribution in [0.2, 0.25) is 0 Å². The van der Waals surface area contributed by atoms with Crippen LogP contribution in [0.4, 0.5) is 0 Å². The van der Waals surface area contributed by atoms with Crippen molar-refractivity contribution in [1.29, 1.82) is 0 Å². The molecule has 0 saturated heterocycles. The van der Waals surface area contributed by atoms with E-state index in [0.717, 1.165) is 0 Å². The SMILES string of the molecule is Cc1ccc2c(-c3ccc4ccccc4c3)c3ccccc3c(-c3ccc(-c4ccccc4)cc3)c2c1.c1ccc2cc(-c3ccc(-c4c5ccccc5c(-c5ccc6ccccc6c5)c5ccccc45)cc3)ccc2c1. The van der Waals surface area contributed by atoms with Crippen LogP contribution in [0.3, 0.4) is 0 Å². The highest BCUT2D eigenvalue weighted by Gasteiger charge is 2.19. The molecule has 0 radical (unpaired) electrons. The summed E-state index contributed by atoms with van der Waals surface area (Å²) in [5.41, 5.74) is 16.4. The van der Waals surface area contributed by atoms with E-state index in [1.165, 1.54) is 148 Å². The molecule has 0 bridgehead atoms. The molecule has 0 aromatic heterocycles. The Hall–Kier alpha value is -9.88. The third kappa shape index (κ3) is 8.38. The fraction of sp³-hybridized carbons (Fsp3) is 0.0130. The van der Waals surface area contributed by atoms with Crippen LogP contribution in [0.25, 0.3) is 142 Å². The van der Waals surface area contributed by atoms with E-state index in [2.05, 4.69) is 304 Å². The van der Waals surface area contributed by atoms with Gasteiger partial charge in [0.2, 0.25) is 0 Å². The minimum absolute atomic E-state index is 1.23. The van der Waals surface area contributed by atoms with Gasteiger partial charge >= 0.3 is 0 Å². The molecule has 0 aliphatic carbocycles. The van der Waals surface area contributed by atoms with E-state index >= 15 is 0 Å². The van der Waals surface area contributed by atoms with Crippen molar-refractivity contribution in [2.24, 2.45) is 0 Å². The van der Waals surface area contributed by atoms with Gasteiger partial charge in [-0.15, -0.1) is 0 Å². The van der Waals surface area contributed by atoms with Gasteiger partial charge in [0.05, 0.1) is 0 Å². The Morgan fingerprint density at radius 2 is 0.429 bits per heavy atom. The fourth-order valence-corrected chi connectivity index (χ4v) is 12.0. The monoisotopic (exact) mass is 976 g/mol. The summed E-state index contributed by atoms with van der Waals surface area (Å²) in [5.74, 6) is 0. The first-order chi connectivity index (χ1) is 38.1.